The second kappa shape index (κ2) is 18.2. The minimum atomic E-state index is -4.22. The second-order valence-corrected chi connectivity index (χ2v) is 8.76. The van der Waals surface area contributed by atoms with Crippen molar-refractivity contribution in [2.45, 2.75) is 122 Å². The maximum Gasteiger partial charge on any atom is 1.00 e. The maximum absolute atomic E-state index is 11.4. The van der Waals surface area contributed by atoms with Gasteiger partial charge in [0.2, 0.25) is 0 Å². The normalized spacial score (nSPS) is 14.1. The fraction of sp³-hybridized carbons (Fsp3) is 1.00. The van der Waals surface area contributed by atoms with Gasteiger partial charge in [0, 0.05) is 5.25 Å². The van der Waals surface area contributed by atoms with Crippen LogP contribution in [0.2, 0.25) is 0 Å². The van der Waals surface area contributed by atoms with Crippen molar-refractivity contribution in [2.24, 2.45) is 0 Å². The zero-order valence-corrected chi connectivity index (χ0v) is 19.7. The molecular weight excluding hydrogens is 347 g/mol. The van der Waals surface area contributed by atoms with E-state index in [4.69, 9.17) is 0 Å². The van der Waals surface area contributed by atoms with Crippen molar-refractivity contribution in [2.75, 3.05) is 0 Å². The second-order valence-electron chi connectivity index (χ2n) is 7.11. The van der Waals surface area contributed by atoms with Crippen LogP contribution in [0.4, 0.5) is 0 Å². The summed E-state index contributed by atoms with van der Waals surface area (Å²) in [4.78, 5) is 0. The van der Waals surface area contributed by atoms with Gasteiger partial charge in [-0.05, 0) is 32.1 Å². The SMILES string of the molecule is CCCCCCCCCC(CCCC(O)CCCCC)S(=O)(=O)[O-].[Na+]. The molecule has 25 heavy (non-hydrogen) atoms. The van der Waals surface area contributed by atoms with E-state index in [1.807, 2.05) is 0 Å². The molecule has 0 fully saturated rings. The Balaban J connectivity index is 0. The van der Waals surface area contributed by atoms with Crippen LogP contribution in [-0.4, -0.2) is 29.4 Å². The monoisotopic (exact) mass is 386 g/mol. The summed E-state index contributed by atoms with van der Waals surface area (Å²) in [6, 6.07) is 0. The molecule has 0 aromatic carbocycles. The van der Waals surface area contributed by atoms with Gasteiger partial charge in [-0.3, -0.25) is 0 Å². The van der Waals surface area contributed by atoms with Crippen LogP contribution in [0.1, 0.15) is 110 Å². The van der Waals surface area contributed by atoms with Crippen LogP contribution < -0.4 is 29.6 Å². The first-order chi connectivity index (χ1) is 11.4. The van der Waals surface area contributed by atoms with Crippen molar-refractivity contribution in [1.29, 1.82) is 0 Å². The molecule has 0 radical (unpaired) electrons. The predicted molar refractivity (Wildman–Crippen MR) is 100 cm³/mol. The Morgan fingerprint density at radius 3 is 1.68 bits per heavy atom. The van der Waals surface area contributed by atoms with Crippen molar-refractivity contribution < 1.29 is 47.6 Å². The topological polar surface area (TPSA) is 77.4 Å². The summed E-state index contributed by atoms with van der Waals surface area (Å²) in [5, 5.41) is 9.11. The Hall–Kier alpha value is 0.870. The van der Waals surface area contributed by atoms with E-state index >= 15 is 0 Å². The first-order valence-corrected chi connectivity index (χ1v) is 11.5. The third-order valence-electron chi connectivity index (χ3n) is 4.74. The Kier molecular flexibility index (Phi) is 20.5. The summed E-state index contributed by atoms with van der Waals surface area (Å²) in [5.74, 6) is 0. The molecule has 0 saturated carbocycles. The van der Waals surface area contributed by atoms with Gasteiger partial charge < -0.3 is 9.66 Å². The third-order valence-corrected chi connectivity index (χ3v) is 6.03. The van der Waals surface area contributed by atoms with Gasteiger partial charge in [0.1, 0.15) is 0 Å². The largest absolute Gasteiger partial charge is 1.00 e. The molecule has 2 unspecified atom stereocenters. The third kappa shape index (κ3) is 18.0. The molecule has 0 aliphatic carbocycles. The minimum Gasteiger partial charge on any atom is -0.748 e. The summed E-state index contributed by atoms with van der Waals surface area (Å²) in [6.07, 6.45) is 13.7. The fourth-order valence-corrected chi connectivity index (χ4v) is 4.03. The Bertz CT molecular complexity index is 374. The molecule has 0 aromatic heterocycles. The first kappa shape index (κ1) is 28.1. The van der Waals surface area contributed by atoms with Crippen molar-refractivity contribution in [1.82, 2.24) is 0 Å². The molecule has 0 heterocycles. The van der Waals surface area contributed by atoms with Crippen molar-refractivity contribution in [3.63, 3.8) is 0 Å². The molecule has 146 valence electrons. The Morgan fingerprint density at radius 1 is 0.720 bits per heavy atom. The number of hydrogen-bond donors (Lipinski definition) is 1. The van der Waals surface area contributed by atoms with Gasteiger partial charge in [-0.25, -0.2) is 8.42 Å². The molecule has 0 spiro atoms. The zero-order valence-electron chi connectivity index (χ0n) is 16.8. The van der Waals surface area contributed by atoms with E-state index in [9.17, 15) is 18.1 Å². The maximum atomic E-state index is 11.4. The molecule has 4 nitrogen and oxygen atoms in total. The van der Waals surface area contributed by atoms with Crippen LogP contribution in [0.25, 0.3) is 0 Å². The summed E-state index contributed by atoms with van der Waals surface area (Å²) < 4.78 is 34.2. The van der Waals surface area contributed by atoms with Gasteiger partial charge in [-0.1, -0.05) is 78.1 Å². The van der Waals surface area contributed by atoms with Crippen LogP contribution in [0.5, 0.6) is 0 Å². The molecular formula is C19H39NaO4S. The number of aliphatic hydroxyl groups is 1. The van der Waals surface area contributed by atoms with E-state index in [2.05, 4.69) is 13.8 Å². The standard InChI is InChI=1S/C19H40O4S.Na/c1-3-5-7-8-9-10-12-16-19(24(21,22)23)17-13-15-18(20)14-11-6-4-2;/h18-20H,3-17H2,1-2H3,(H,21,22,23);/q;+1/p-1. The van der Waals surface area contributed by atoms with E-state index in [-0.39, 0.29) is 35.7 Å². The van der Waals surface area contributed by atoms with Crippen LogP contribution >= 0.6 is 0 Å². The van der Waals surface area contributed by atoms with Crippen LogP contribution in [-0.2, 0) is 10.1 Å². The van der Waals surface area contributed by atoms with E-state index in [0.29, 0.717) is 25.7 Å². The van der Waals surface area contributed by atoms with Gasteiger partial charge in [-0.15, -0.1) is 0 Å². The van der Waals surface area contributed by atoms with Gasteiger partial charge in [0.05, 0.1) is 16.2 Å². The summed E-state index contributed by atoms with van der Waals surface area (Å²) in [6.45, 7) is 4.31. The molecule has 6 heteroatoms. The molecule has 0 amide bonds. The molecule has 0 saturated heterocycles. The average Bonchev–Trinajstić information content (AvgIpc) is 2.51. The van der Waals surface area contributed by atoms with Gasteiger partial charge in [0.15, 0.2) is 0 Å². The number of aliphatic hydroxyl groups excluding tert-OH is 1. The van der Waals surface area contributed by atoms with E-state index in [1.54, 1.807) is 0 Å². The number of unbranched alkanes of at least 4 members (excludes halogenated alkanes) is 8. The minimum absolute atomic E-state index is 0. The smallest absolute Gasteiger partial charge is 0.748 e. The van der Waals surface area contributed by atoms with Gasteiger partial charge in [-0.2, -0.15) is 0 Å². The quantitative estimate of drug-likeness (QED) is 0.236. The fourth-order valence-electron chi connectivity index (χ4n) is 3.12. The van der Waals surface area contributed by atoms with E-state index in [0.717, 1.165) is 44.9 Å². The molecule has 0 aromatic rings. The van der Waals surface area contributed by atoms with Crippen molar-refractivity contribution in [3.8, 4) is 0 Å². The zero-order chi connectivity index (χ0) is 18.3. The summed E-state index contributed by atoms with van der Waals surface area (Å²) in [5.41, 5.74) is 0. The Morgan fingerprint density at radius 2 is 1.12 bits per heavy atom. The number of rotatable bonds is 17. The van der Waals surface area contributed by atoms with Crippen molar-refractivity contribution in [3.05, 3.63) is 0 Å². The summed E-state index contributed by atoms with van der Waals surface area (Å²) in [7, 11) is -4.22. The Labute approximate surface area is 178 Å². The van der Waals surface area contributed by atoms with Crippen LogP contribution in [0.15, 0.2) is 0 Å². The molecule has 0 aliphatic rings. The van der Waals surface area contributed by atoms with Gasteiger partial charge >= 0.3 is 29.6 Å². The molecule has 1 N–H and O–H groups in total. The summed E-state index contributed by atoms with van der Waals surface area (Å²) >= 11 is 0. The average molecular weight is 387 g/mol. The van der Waals surface area contributed by atoms with Crippen LogP contribution in [0, 0.1) is 0 Å². The first-order valence-electron chi connectivity index (χ1n) is 10.0. The molecule has 0 rings (SSSR count). The number of hydrogen-bond acceptors (Lipinski definition) is 4. The van der Waals surface area contributed by atoms with Crippen molar-refractivity contribution >= 4 is 10.1 Å². The van der Waals surface area contributed by atoms with E-state index in [1.165, 1.54) is 25.7 Å². The van der Waals surface area contributed by atoms with E-state index < -0.39 is 15.4 Å². The van der Waals surface area contributed by atoms with Gasteiger partial charge in [0.25, 0.3) is 0 Å². The predicted octanol–water partition coefficient (Wildman–Crippen LogP) is 2.16. The van der Waals surface area contributed by atoms with Crippen LogP contribution in [0.3, 0.4) is 0 Å². The molecule has 2 atom stereocenters. The molecule has 0 aliphatic heterocycles. The molecule has 0 bridgehead atoms.